The average molecular weight is 273 g/mol. The van der Waals surface area contributed by atoms with E-state index in [1.165, 1.54) is 0 Å². The third kappa shape index (κ3) is 3.15. The lowest BCUT2D eigenvalue weighted by Gasteiger charge is -2.12. The molecule has 0 aliphatic carbocycles. The zero-order valence-corrected chi connectivity index (χ0v) is 12.8. The fraction of sp³-hybridized carbons (Fsp3) is 0.533. The molecule has 20 heavy (non-hydrogen) atoms. The van der Waals surface area contributed by atoms with Crippen LogP contribution in [0, 0.1) is 6.92 Å². The summed E-state index contributed by atoms with van der Waals surface area (Å²) in [6, 6.07) is 0. The smallest absolute Gasteiger partial charge is 0.133 e. The summed E-state index contributed by atoms with van der Waals surface area (Å²) in [5, 5.41) is 7.64. The second kappa shape index (κ2) is 6.50. The maximum Gasteiger partial charge on any atom is 0.133 e. The fourth-order valence-electron chi connectivity index (χ4n) is 2.14. The standard InChI is InChI=1S/C15H23N5/c1-5-7-13-18-14(12-9-17-20(4)10-12)11(3)15(19-13)16-8-6-2/h9-10H,5-8H2,1-4H3,(H,16,18,19). The maximum atomic E-state index is 4.71. The van der Waals surface area contributed by atoms with Crippen molar-refractivity contribution in [2.24, 2.45) is 7.05 Å². The van der Waals surface area contributed by atoms with E-state index in [0.29, 0.717) is 0 Å². The SMILES string of the molecule is CCCNc1nc(CCC)nc(-c2cnn(C)c2)c1C. The molecule has 0 aliphatic heterocycles. The Bertz CT molecular complexity index is 574. The number of hydrogen-bond donors (Lipinski definition) is 1. The van der Waals surface area contributed by atoms with Crippen molar-refractivity contribution in [3.05, 3.63) is 23.8 Å². The Labute approximate surface area is 120 Å². The van der Waals surface area contributed by atoms with Crippen LogP contribution in [0.15, 0.2) is 12.4 Å². The first kappa shape index (κ1) is 14.5. The average Bonchev–Trinajstić information content (AvgIpc) is 2.85. The lowest BCUT2D eigenvalue weighted by Crippen LogP contribution is -2.09. The lowest BCUT2D eigenvalue weighted by atomic mass is 10.1. The molecule has 0 amide bonds. The monoisotopic (exact) mass is 273 g/mol. The minimum absolute atomic E-state index is 0.897. The van der Waals surface area contributed by atoms with Gasteiger partial charge >= 0.3 is 0 Å². The number of nitrogens with zero attached hydrogens (tertiary/aromatic N) is 4. The summed E-state index contributed by atoms with van der Waals surface area (Å²) < 4.78 is 1.80. The molecule has 108 valence electrons. The second-order valence-corrected chi connectivity index (χ2v) is 5.04. The molecule has 2 aromatic rings. The third-order valence-electron chi connectivity index (χ3n) is 3.19. The highest BCUT2D eigenvalue weighted by Gasteiger charge is 2.13. The molecule has 0 saturated heterocycles. The Hall–Kier alpha value is -1.91. The number of rotatable bonds is 6. The fourth-order valence-corrected chi connectivity index (χ4v) is 2.14. The van der Waals surface area contributed by atoms with Crippen LogP contribution >= 0.6 is 0 Å². The minimum atomic E-state index is 0.897. The van der Waals surface area contributed by atoms with Crippen molar-refractivity contribution < 1.29 is 0 Å². The highest BCUT2D eigenvalue weighted by molar-refractivity contribution is 5.67. The molecule has 0 saturated carbocycles. The van der Waals surface area contributed by atoms with E-state index in [0.717, 1.165) is 54.3 Å². The van der Waals surface area contributed by atoms with Gasteiger partial charge in [0, 0.05) is 37.3 Å². The summed E-state index contributed by atoms with van der Waals surface area (Å²) >= 11 is 0. The summed E-state index contributed by atoms with van der Waals surface area (Å²) in [5.74, 6) is 1.85. The van der Waals surface area contributed by atoms with Gasteiger partial charge in [0.15, 0.2) is 0 Å². The van der Waals surface area contributed by atoms with Crippen LogP contribution in [0.1, 0.15) is 38.1 Å². The van der Waals surface area contributed by atoms with Gasteiger partial charge < -0.3 is 5.32 Å². The summed E-state index contributed by atoms with van der Waals surface area (Å²) in [7, 11) is 1.92. The van der Waals surface area contributed by atoms with Gasteiger partial charge in [0.2, 0.25) is 0 Å². The molecule has 0 aliphatic rings. The van der Waals surface area contributed by atoms with E-state index in [-0.39, 0.29) is 0 Å². The van der Waals surface area contributed by atoms with Crippen molar-refractivity contribution in [2.75, 3.05) is 11.9 Å². The number of nitrogens with one attached hydrogen (secondary N) is 1. The Kier molecular flexibility index (Phi) is 4.71. The van der Waals surface area contributed by atoms with Gasteiger partial charge in [0.1, 0.15) is 11.6 Å². The highest BCUT2D eigenvalue weighted by atomic mass is 15.2. The Morgan fingerprint density at radius 3 is 2.60 bits per heavy atom. The molecule has 2 heterocycles. The largest absolute Gasteiger partial charge is 0.370 e. The van der Waals surface area contributed by atoms with Crippen molar-refractivity contribution in [3.63, 3.8) is 0 Å². The van der Waals surface area contributed by atoms with Crippen LogP contribution < -0.4 is 5.32 Å². The molecular weight excluding hydrogens is 250 g/mol. The van der Waals surface area contributed by atoms with Gasteiger partial charge in [-0.15, -0.1) is 0 Å². The van der Waals surface area contributed by atoms with Crippen LogP contribution in [0.4, 0.5) is 5.82 Å². The van der Waals surface area contributed by atoms with E-state index in [1.54, 1.807) is 4.68 Å². The maximum absolute atomic E-state index is 4.71. The molecule has 5 heteroatoms. The number of anilines is 1. The third-order valence-corrected chi connectivity index (χ3v) is 3.19. The number of aromatic nitrogens is 4. The van der Waals surface area contributed by atoms with Gasteiger partial charge in [-0.05, 0) is 19.8 Å². The molecule has 2 aromatic heterocycles. The second-order valence-electron chi connectivity index (χ2n) is 5.04. The van der Waals surface area contributed by atoms with Gasteiger partial charge in [-0.1, -0.05) is 13.8 Å². The van der Waals surface area contributed by atoms with Crippen molar-refractivity contribution in [1.82, 2.24) is 19.7 Å². The lowest BCUT2D eigenvalue weighted by molar-refractivity contribution is 0.768. The van der Waals surface area contributed by atoms with Crippen molar-refractivity contribution in [1.29, 1.82) is 0 Å². The first-order valence-electron chi connectivity index (χ1n) is 7.26. The zero-order valence-electron chi connectivity index (χ0n) is 12.8. The number of aryl methyl sites for hydroxylation is 2. The molecule has 0 spiro atoms. The highest BCUT2D eigenvalue weighted by Crippen LogP contribution is 2.25. The van der Waals surface area contributed by atoms with Crippen molar-refractivity contribution >= 4 is 5.82 Å². The molecule has 1 N–H and O–H groups in total. The van der Waals surface area contributed by atoms with Gasteiger partial charge in [0.05, 0.1) is 11.9 Å². The van der Waals surface area contributed by atoms with Crippen molar-refractivity contribution in [3.8, 4) is 11.3 Å². The summed E-state index contributed by atoms with van der Waals surface area (Å²) in [6.07, 6.45) is 6.87. The molecule has 0 fully saturated rings. The first-order chi connectivity index (χ1) is 9.65. The molecule has 0 aromatic carbocycles. The van der Waals surface area contributed by atoms with Gasteiger partial charge in [0.25, 0.3) is 0 Å². The minimum Gasteiger partial charge on any atom is -0.370 e. The van der Waals surface area contributed by atoms with Crippen LogP contribution in [0.5, 0.6) is 0 Å². The molecule has 0 radical (unpaired) electrons. The summed E-state index contributed by atoms with van der Waals surface area (Å²) in [4.78, 5) is 9.35. The molecular formula is C15H23N5. The van der Waals surface area contributed by atoms with Gasteiger partial charge in [-0.2, -0.15) is 5.10 Å². The quantitative estimate of drug-likeness (QED) is 0.879. The Morgan fingerprint density at radius 1 is 1.20 bits per heavy atom. The van der Waals surface area contributed by atoms with E-state index in [9.17, 15) is 0 Å². The molecule has 2 rings (SSSR count). The van der Waals surface area contributed by atoms with E-state index < -0.39 is 0 Å². The van der Waals surface area contributed by atoms with Gasteiger partial charge in [-0.25, -0.2) is 9.97 Å². The van der Waals surface area contributed by atoms with Crippen LogP contribution in [0.3, 0.4) is 0 Å². The predicted molar refractivity (Wildman–Crippen MR) is 81.7 cm³/mol. The Balaban J connectivity index is 2.45. The summed E-state index contributed by atoms with van der Waals surface area (Å²) in [6.45, 7) is 7.29. The molecule has 5 nitrogen and oxygen atoms in total. The first-order valence-corrected chi connectivity index (χ1v) is 7.26. The zero-order chi connectivity index (χ0) is 14.5. The normalized spacial score (nSPS) is 10.8. The Morgan fingerprint density at radius 2 is 2.00 bits per heavy atom. The van der Waals surface area contributed by atoms with Crippen LogP contribution in [0.25, 0.3) is 11.3 Å². The van der Waals surface area contributed by atoms with Crippen LogP contribution in [-0.2, 0) is 13.5 Å². The van der Waals surface area contributed by atoms with Crippen LogP contribution in [0.2, 0.25) is 0 Å². The van der Waals surface area contributed by atoms with E-state index in [4.69, 9.17) is 4.98 Å². The van der Waals surface area contributed by atoms with Gasteiger partial charge in [-0.3, -0.25) is 4.68 Å². The predicted octanol–water partition coefficient (Wildman–Crippen LogP) is 2.96. The van der Waals surface area contributed by atoms with Crippen LogP contribution in [-0.4, -0.2) is 26.3 Å². The van der Waals surface area contributed by atoms with E-state index in [1.807, 2.05) is 19.4 Å². The molecule has 0 atom stereocenters. The van der Waals surface area contributed by atoms with E-state index >= 15 is 0 Å². The number of hydrogen-bond acceptors (Lipinski definition) is 4. The molecule has 0 bridgehead atoms. The van der Waals surface area contributed by atoms with Crippen molar-refractivity contribution in [2.45, 2.75) is 40.0 Å². The molecule has 0 unspecified atom stereocenters. The topological polar surface area (TPSA) is 55.6 Å². The summed E-state index contributed by atoms with van der Waals surface area (Å²) in [5.41, 5.74) is 3.12. The van der Waals surface area contributed by atoms with E-state index in [2.05, 4.69) is 36.2 Å².